The summed E-state index contributed by atoms with van der Waals surface area (Å²) in [4.78, 5) is 25.0. The Balaban J connectivity index is 1.75. The van der Waals surface area contributed by atoms with E-state index in [1.165, 1.54) is 0 Å². The Morgan fingerprint density at radius 3 is 2.96 bits per heavy atom. The third kappa shape index (κ3) is 3.79. The van der Waals surface area contributed by atoms with Crippen LogP contribution in [0.4, 0.5) is 5.95 Å². The first-order valence-corrected chi connectivity index (χ1v) is 8.09. The second-order valence-corrected chi connectivity index (χ2v) is 6.37. The summed E-state index contributed by atoms with van der Waals surface area (Å²) in [7, 11) is 1.56. The number of aromatic nitrogens is 2. The molecular weight excluding hydrogens is 296 g/mol. The van der Waals surface area contributed by atoms with Crippen molar-refractivity contribution in [2.75, 3.05) is 58.0 Å². The van der Waals surface area contributed by atoms with E-state index in [1.54, 1.807) is 19.5 Å². The van der Waals surface area contributed by atoms with Gasteiger partial charge in [-0.05, 0) is 18.9 Å². The standard InChI is InChI=1S/C16H24N4O3/c1-22-10-14(21)19-7-2-4-16(11-19)12-20(8-9-23-13-16)15-17-5-3-6-18-15/h3,5-6H,2,4,7-13H2,1H3. The second kappa shape index (κ2) is 7.23. The van der Waals surface area contributed by atoms with Crippen LogP contribution in [-0.2, 0) is 14.3 Å². The fourth-order valence-corrected chi connectivity index (χ4v) is 3.50. The molecule has 2 saturated heterocycles. The van der Waals surface area contributed by atoms with Crippen molar-refractivity contribution >= 4 is 11.9 Å². The first-order chi connectivity index (χ1) is 11.2. The number of carbonyl (C=O) groups is 1. The molecule has 0 aromatic carbocycles. The van der Waals surface area contributed by atoms with Gasteiger partial charge in [0.05, 0.1) is 13.2 Å². The van der Waals surface area contributed by atoms with Crippen molar-refractivity contribution in [2.24, 2.45) is 5.41 Å². The molecule has 1 atom stereocenters. The molecule has 3 rings (SSSR count). The van der Waals surface area contributed by atoms with Gasteiger partial charge in [-0.25, -0.2) is 9.97 Å². The second-order valence-electron chi connectivity index (χ2n) is 6.37. The minimum atomic E-state index is -0.0582. The highest BCUT2D eigenvalue weighted by molar-refractivity contribution is 5.77. The molecule has 0 aliphatic carbocycles. The largest absolute Gasteiger partial charge is 0.379 e. The van der Waals surface area contributed by atoms with E-state index in [2.05, 4.69) is 14.9 Å². The molecule has 1 aromatic heterocycles. The Labute approximate surface area is 136 Å². The van der Waals surface area contributed by atoms with E-state index in [9.17, 15) is 4.79 Å². The van der Waals surface area contributed by atoms with E-state index < -0.39 is 0 Å². The van der Waals surface area contributed by atoms with Gasteiger partial charge in [-0.15, -0.1) is 0 Å². The third-order valence-electron chi connectivity index (χ3n) is 4.56. The molecule has 1 aromatic rings. The minimum Gasteiger partial charge on any atom is -0.379 e. The van der Waals surface area contributed by atoms with Crippen molar-refractivity contribution in [3.05, 3.63) is 18.5 Å². The number of hydrogen-bond donors (Lipinski definition) is 0. The lowest BCUT2D eigenvalue weighted by Crippen LogP contribution is -2.53. The van der Waals surface area contributed by atoms with Crippen LogP contribution in [0.2, 0.25) is 0 Å². The molecule has 2 aliphatic rings. The van der Waals surface area contributed by atoms with Gasteiger partial charge < -0.3 is 19.3 Å². The van der Waals surface area contributed by atoms with Gasteiger partial charge in [0, 0.05) is 51.1 Å². The van der Waals surface area contributed by atoms with Gasteiger partial charge in [0.1, 0.15) is 6.61 Å². The number of nitrogens with zero attached hydrogens (tertiary/aromatic N) is 4. The molecule has 7 heteroatoms. The summed E-state index contributed by atoms with van der Waals surface area (Å²) in [6.45, 7) is 4.57. The lowest BCUT2D eigenvalue weighted by Gasteiger charge is -2.43. The number of anilines is 1. The van der Waals surface area contributed by atoms with Crippen LogP contribution in [0.5, 0.6) is 0 Å². The Morgan fingerprint density at radius 1 is 1.35 bits per heavy atom. The fraction of sp³-hybridized carbons (Fsp3) is 0.688. The molecule has 1 amide bonds. The zero-order valence-electron chi connectivity index (χ0n) is 13.6. The van der Waals surface area contributed by atoms with Crippen LogP contribution in [0.25, 0.3) is 0 Å². The maximum atomic E-state index is 12.2. The minimum absolute atomic E-state index is 0.0540. The SMILES string of the molecule is COCC(=O)N1CCCC2(COCCN(c3ncccn3)C2)C1. The van der Waals surface area contributed by atoms with Crippen molar-refractivity contribution in [1.82, 2.24) is 14.9 Å². The quantitative estimate of drug-likeness (QED) is 0.811. The maximum Gasteiger partial charge on any atom is 0.248 e. The molecule has 0 bridgehead atoms. The number of amides is 1. The molecule has 2 fully saturated rings. The maximum absolute atomic E-state index is 12.2. The van der Waals surface area contributed by atoms with Crippen molar-refractivity contribution in [3.8, 4) is 0 Å². The molecule has 7 nitrogen and oxygen atoms in total. The van der Waals surface area contributed by atoms with Crippen LogP contribution in [0.15, 0.2) is 18.5 Å². The van der Waals surface area contributed by atoms with E-state index in [1.807, 2.05) is 11.0 Å². The summed E-state index contributed by atoms with van der Waals surface area (Å²) in [5, 5.41) is 0. The number of likely N-dealkylation sites (tertiary alicyclic amines) is 1. The smallest absolute Gasteiger partial charge is 0.248 e. The summed E-state index contributed by atoms with van der Waals surface area (Å²) in [6.07, 6.45) is 5.56. The lowest BCUT2D eigenvalue weighted by atomic mass is 9.80. The molecule has 1 unspecified atom stereocenters. The third-order valence-corrected chi connectivity index (χ3v) is 4.56. The van der Waals surface area contributed by atoms with Gasteiger partial charge in [-0.3, -0.25) is 4.79 Å². The normalized spacial score (nSPS) is 25.4. The number of carbonyl (C=O) groups excluding carboxylic acids is 1. The molecule has 0 radical (unpaired) electrons. The summed E-state index contributed by atoms with van der Waals surface area (Å²) in [6, 6.07) is 1.82. The van der Waals surface area contributed by atoms with E-state index in [4.69, 9.17) is 9.47 Å². The Kier molecular flexibility index (Phi) is 5.07. The van der Waals surface area contributed by atoms with E-state index in [0.717, 1.165) is 38.4 Å². The van der Waals surface area contributed by atoms with Gasteiger partial charge in [-0.2, -0.15) is 0 Å². The fourth-order valence-electron chi connectivity index (χ4n) is 3.50. The Bertz CT molecular complexity index is 527. The average Bonchev–Trinajstić information content (AvgIpc) is 2.79. The number of piperidine rings is 1. The molecule has 0 N–H and O–H groups in total. The Morgan fingerprint density at radius 2 is 2.17 bits per heavy atom. The van der Waals surface area contributed by atoms with Crippen LogP contribution in [0.1, 0.15) is 12.8 Å². The van der Waals surface area contributed by atoms with Crippen molar-refractivity contribution in [2.45, 2.75) is 12.8 Å². The molecule has 3 heterocycles. The van der Waals surface area contributed by atoms with Crippen LogP contribution >= 0.6 is 0 Å². The lowest BCUT2D eigenvalue weighted by molar-refractivity contribution is -0.139. The van der Waals surface area contributed by atoms with Gasteiger partial charge >= 0.3 is 0 Å². The van der Waals surface area contributed by atoms with Crippen molar-refractivity contribution in [1.29, 1.82) is 0 Å². The highest BCUT2D eigenvalue weighted by Crippen LogP contribution is 2.33. The molecule has 1 spiro atoms. The van der Waals surface area contributed by atoms with Crippen LogP contribution in [0.3, 0.4) is 0 Å². The number of rotatable bonds is 3. The van der Waals surface area contributed by atoms with E-state index >= 15 is 0 Å². The zero-order valence-corrected chi connectivity index (χ0v) is 13.6. The van der Waals surface area contributed by atoms with Gasteiger partial charge in [0.2, 0.25) is 11.9 Å². The zero-order chi connectivity index (χ0) is 16.1. The van der Waals surface area contributed by atoms with Crippen LogP contribution < -0.4 is 4.90 Å². The van der Waals surface area contributed by atoms with Gasteiger partial charge in [0.25, 0.3) is 0 Å². The summed E-state index contributed by atoms with van der Waals surface area (Å²) < 4.78 is 10.9. The van der Waals surface area contributed by atoms with E-state index in [-0.39, 0.29) is 17.9 Å². The molecule has 23 heavy (non-hydrogen) atoms. The molecular formula is C16H24N4O3. The molecule has 2 aliphatic heterocycles. The molecule has 0 saturated carbocycles. The number of methoxy groups -OCH3 is 1. The summed E-state index contributed by atoms with van der Waals surface area (Å²) in [5.41, 5.74) is -0.0582. The van der Waals surface area contributed by atoms with Crippen molar-refractivity contribution < 1.29 is 14.3 Å². The average molecular weight is 320 g/mol. The first-order valence-electron chi connectivity index (χ1n) is 8.09. The summed E-state index contributed by atoms with van der Waals surface area (Å²) >= 11 is 0. The predicted molar refractivity (Wildman–Crippen MR) is 85.2 cm³/mol. The van der Waals surface area contributed by atoms with Gasteiger partial charge in [-0.1, -0.05) is 0 Å². The summed E-state index contributed by atoms with van der Waals surface area (Å²) in [5.74, 6) is 0.788. The van der Waals surface area contributed by atoms with Crippen molar-refractivity contribution in [3.63, 3.8) is 0 Å². The molecule has 126 valence electrons. The number of ether oxygens (including phenoxy) is 2. The van der Waals surface area contributed by atoms with Gasteiger partial charge in [0.15, 0.2) is 0 Å². The van der Waals surface area contributed by atoms with E-state index in [0.29, 0.717) is 19.8 Å². The first kappa shape index (κ1) is 16.1. The van der Waals surface area contributed by atoms with Crippen LogP contribution in [-0.4, -0.2) is 73.9 Å². The highest BCUT2D eigenvalue weighted by Gasteiger charge is 2.40. The predicted octanol–water partition coefficient (Wildman–Crippen LogP) is 0.568. The highest BCUT2D eigenvalue weighted by atomic mass is 16.5. The monoisotopic (exact) mass is 320 g/mol. The Hall–Kier alpha value is -1.73. The number of hydrogen-bond acceptors (Lipinski definition) is 6. The topological polar surface area (TPSA) is 67.8 Å². The van der Waals surface area contributed by atoms with Crippen LogP contribution in [0, 0.1) is 5.41 Å².